The number of hydrogen-bond acceptors (Lipinski definition) is 4. The summed E-state index contributed by atoms with van der Waals surface area (Å²) < 4.78 is 29.7. The maximum atomic E-state index is 13.3. The average Bonchev–Trinajstić information content (AvgIpc) is 3.11. The number of benzene rings is 1. The van der Waals surface area contributed by atoms with Crippen LogP contribution in [-0.4, -0.2) is 67.4 Å². The first-order valence-electron chi connectivity index (χ1n) is 11.5. The van der Waals surface area contributed by atoms with Crippen molar-refractivity contribution in [2.45, 2.75) is 44.9 Å². The third-order valence-corrected chi connectivity index (χ3v) is 9.14. The van der Waals surface area contributed by atoms with Crippen molar-refractivity contribution in [1.82, 2.24) is 13.8 Å². The minimum atomic E-state index is -3.58. The Balaban J connectivity index is 1.51. The van der Waals surface area contributed by atoms with Gasteiger partial charge in [-0.3, -0.25) is 4.79 Å². The summed E-state index contributed by atoms with van der Waals surface area (Å²) in [6.07, 6.45) is 2.85. The minimum Gasteiger partial charge on any atom is -0.368 e. The van der Waals surface area contributed by atoms with Gasteiger partial charge in [0.15, 0.2) is 0 Å². The van der Waals surface area contributed by atoms with Gasteiger partial charge >= 0.3 is 0 Å². The molecule has 2 aromatic rings. The number of sulfonamides is 1. The molecule has 8 heteroatoms. The van der Waals surface area contributed by atoms with E-state index in [1.54, 1.807) is 28.9 Å². The van der Waals surface area contributed by atoms with Crippen LogP contribution in [0.3, 0.4) is 0 Å². The van der Waals surface area contributed by atoms with Crippen molar-refractivity contribution in [1.29, 1.82) is 0 Å². The van der Waals surface area contributed by atoms with Crippen LogP contribution >= 0.6 is 0 Å². The highest BCUT2D eigenvalue weighted by Gasteiger charge is 2.32. The molecular formula is C24H34N4O3S. The summed E-state index contributed by atoms with van der Waals surface area (Å²) in [4.78, 5) is 17.8. The van der Waals surface area contributed by atoms with Gasteiger partial charge in [0, 0.05) is 57.7 Å². The zero-order valence-electron chi connectivity index (χ0n) is 19.6. The second-order valence-corrected chi connectivity index (χ2v) is 10.9. The van der Waals surface area contributed by atoms with Gasteiger partial charge in [0.25, 0.3) is 5.91 Å². The lowest BCUT2D eigenvalue weighted by Crippen LogP contribution is -2.49. The van der Waals surface area contributed by atoms with E-state index in [0.717, 1.165) is 32.4 Å². The lowest BCUT2D eigenvalue weighted by atomic mass is 10.1. The van der Waals surface area contributed by atoms with Gasteiger partial charge in [0.05, 0.1) is 0 Å². The summed E-state index contributed by atoms with van der Waals surface area (Å²) in [6.45, 7) is 9.91. The summed E-state index contributed by atoms with van der Waals surface area (Å²) in [6, 6.07) is 7.91. The summed E-state index contributed by atoms with van der Waals surface area (Å²) >= 11 is 0. The van der Waals surface area contributed by atoms with E-state index in [0.29, 0.717) is 37.6 Å². The number of carbonyl (C=O) groups is 1. The fraction of sp³-hybridized carbons (Fsp3) is 0.542. The maximum Gasteiger partial charge on any atom is 0.270 e. The molecule has 0 bridgehead atoms. The Bertz CT molecular complexity index is 1110. The van der Waals surface area contributed by atoms with E-state index in [1.165, 1.54) is 16.8 Å². The molecule has 1 aromatic carbocycles. The zero-order chi connectivity index (χ0) is 23.0. The van der Waals surface area contributed by atoms with E-state index in [2.05, 4.69) is 36.9 Å². The van der Waals surface area contributed by atoms with Crippen molar-refractivity contribution < 1.29 is 13.2 Å². The Kier molecular flexibility index (Phi) is 6.36. The van der Waals surface area contributed by atoms with Crippen molar-refractivity contribution in [3.8, 4) is 0 Å². The van der Waals surface area contributed by atoms with Gasteiger partial charge in [-0.05, 0) is 56.9 Å². The number of carbonyl (C=O) groups excluding carboxylic acids is 1. The SMILES string of the molecule is Cc1cccc(N2CCN(C(=O)c3cc(S(=O)(=O)N4CCCCC4)c(C)n3C)CC2)c1C. The Hall–Kier alpha value is -2.32. The predicted octanol–water partition coefficient (Wildman–Crippen LogP) is 3.09. The number of aromatic nitrogens is 1. The molecule has 3 heterocycles. The van der Waals surface area contributed by atoms with Crippen LogP contribution in [0.4, 0.5) is 5.69 Å². The van der Waals surface area contributed by atoms with Crippen molar-refractivity contribution in [3.63, 3.8) is 0 Å². The van der Waals surface area contributed by atoms with Crippen LogP contribution in [0.1, 0.15) is 46.6 Å². The molecule has 4 rings (SSSR count). The molecule has 0 radical (unpaired) electrons. The number of piperidine rings is 1. The van der Waals surface area contributed by atoms with Crippen molar-refractivity contribution >= 4 is 21.6 Å². The quantitative estimate of drug-likeness (QED) is 0.706. The average molecular weight is 459 g/mol. The van der Waals surface area contributed by atoms with Crippen LogP contribution in [0.25, 0.3) is 0 Å². The lowest BCUT2D eigenvalue weighted by Gasteiger charge is -2.37. The van der Waals surface area contributed by atoms with Crippen LogP contribution in [0.5, 0.6) is 0 Å². The summed E-state index contributed by atoms with van der Waals surface area (Å²) in [5.74, 6) is -0.101. The third-order valence-electron chi connectivity index (χ3n) is 7.12. The molecule has 1 aromatic heterocycles. The highest BCUT2D eigenvalue weighted by atomic mass is 32.2. The van der Waals surface area contributed by atoms with Gasteiger partial charge < -0.3 is 14.4 Å². The molecule has 2 aliphatic rings. The number of amides is 1. The molecule has 2 saturated heterocycles. The van der Waals surface area contributed by atoms with Gasteiger partial charge in [-0.1, -0.05) is 18.6 Å². The van der Waals surface area contributed by atoms with Crippen LogP contribution in [-0.2, 0) is 17.1 Å². The molecule has 174 valence electrons. The van der Waals surface area contributed by atoms with Gasteiger partial charge in [0.2, 0.25) is 10.0 Å². The molecule has 0 aliphatic carbocycles. The molecule has 2 fully saturated rings. The first kappa shape index (κ1) is 22.9. The van der Waals surface area contributed by atoms with Gasteiger partial charge in [-0.25, -0.2) is 8.42 Å². The molecule has 0 spiro atoms. The van der Waals surface area contributed by atoms with Crippen LogP contribution < -0.4 is 4.90 Å². The molecule has 32 heavy (non-hydrogen) atoms. The third kappa shape index (κ3) is 4.06. The minimum absolute atomic E-state index is 0.101. The van der Waals surface area contributed by atoms with Crippen LogP contribution in [0.2, 0.25) is 0 Å². The lowest BCUT2D eigenvalue weighted by molar-refractivity contribution is 0.0737. The second kappa shape index (κ2) is 8.90. The van der Waals surface area contributed by atoms with Crippen molar-refractivity contribution in [2.75, 3.05) is 44.2 Å². The standard InChI is InChI=1S/C24H34N4O3S/c1-18-9-8-10-21(19(18)2)26-13-15-27(16-14-26)24(29)22-17-23(20(3)25(22)4)32(30,31)28-11-6-5-7-12-28/h8-10,17H,5-7,11-16H2,1-4H3. The Morgan fingerprint density at radius 3 is 2.22 bits per heavy atom. The largest absolute Gasteiger partial charge is 0.368 e. The first-order valence-corrected chi connectivity index (χ1v) is 12.9. The predicted molar refractivity (Wildman–Crippen MR) is 127 cm³/mol. The Labute approximate surface area is 191 Å². The number of rotatable bonds is 4. The zero-order valence-corrected chi connectivity index (χ0v) is 20.4. The van der Waals surface area contributed by atoms with E-state index in [1.807, 2.05) is 4.90 Å². The van der Waals surface area contributed by atoms with E-state index in [-0.39, 0.29) is 10.8 Å². The summed E-state index contributed by atoms with van der Waals surface area (Å²) in [5, 5.41) is 0. The molecule has 0 atom stereocenters. The molecule has 1 amide bonds. The molecule has 0 unspecified atom stereocenters. The summed E-state index contributed by atoms with van der Waals surface area (Å²) in [7, 11) is -1.80. The van der Waals surface area contributed by atoms with Crippen LogP contribution in [0, 0.1) is 20.8 Å². The Morgan fingerprint density at radius 2 is 1.56 bits per heavy atom. The molecule has 0 N–H and O–H groups in total. The molecule has 7 nitrogen and oxygen atoms in total. The van der Waals surface area contributed by atoms with E-state index >= 15 is 0 Å². The van der Waals surface area contributed by atoms with Gasteiger partial charge in [-0.2, -0.15) is 4.31 Å². The van der Waals surface area contributed by atoms with E-state index in [4.69, 9.17) is 0 Å². The highest BCUT2D eigenvalue weighted by molar-refractivity contribution is 7.89. The number of hydrogen-bond donors (Lipinski definition) is 0. The van der Waals surface area contributed by atoms with Crippen molar-refractivity contribution in [2.24, 2.45) is 7.05 Å². The molecule has 0 saturated carbocycles. The number of aryl methyl sites for hydroxylation is 1. The topological polar surface area (TPSA) is 65.9 Å². The fourth-order valence-corrected chi connectivity index (χ4v) is 6.56. The van der Waals surface area contributed by atoms with E-state index in [9.17, 15) is 13.2 Å². The molecular weight excluding hydrogens is 424 g/mol. The summed E-state index contributed by atoms with van der Waals surface area (Å²) in [5.41, 5.74) is 4.83. The second-order valence-electron chi connectivity index (χ2n) is 9.00. The maximum absolute atomic E-state index is 13.3. The normalized spacial score (nSPS) is 18.2. The van der Waals surface area contributed by atoms with Crippen molar-refractivity contribution in [3.05, 3.63) is 46.8 Å². The van der Waals surface area contributed by atoms with Gasteiger partial charge in [-0.15, -0.1) is 0 Å². The van der Waals surface area contributed by atoms with Crippen LogP contribution in [0.15, 0.2) is 29.2 Å². The fourth-order valence-electron chi connectivity index (χ4n) is 4.77. The highest BCUT2D eigenvalue weighted by Crippen LogP contribution is 2.28. The smallest absolute Gasteiger partial charge is 0.270 e. The van der Waals surface area contributed by atoms with Gasteiger partial charge in [0.1, 0.15) is 10.6 Å². The first-order chi connectivity index (χ1) is 15.2. The Morgan fingerprint density at radius 1 is 0.906 bits per heavy atom. The molecule has 2 aliphatic heterocycles. The number of nitrogens with zero attached hydrogens (tertiary/aromatic N) is 4. The number of piperazine rings is 1. The van der Waals surface area contributed by atoms with E-state index < -0.39 is 10.0 Å². The number of anilines is 1. The monoisotopic (exact) mass is 458 g/mol.